The second kappa shape index (κ2) is 7.81. The minimum Gasteiger partial charge on any atom is -0.390 e. The molecule has 124 valence electrons. The molecule has 2 aromatic rings. The lowest BCUT2D eigenvalue weighted by Gasteiger charge is -2.14. The van der Waals surface area contributed by atoms with E-state index in [9.17, 15) is 4.79 Å². The van der Waals surface area contributed by atoms with Crippen LogP contribution < -0.4 is 5.32 Å². The molecule has 0 unspecified atom stereocenters. The van der Waals surface area contributed by atoms with Gasteiger partial charge in [0.25, 0.3) is 5.91 Å². The standard InChI is InChI=1S/C18H19N3O3/c22-12-16-3-2-15(11-19-16)18(23)21-17-4-1-14(10-20-17)9-13-5-7-24-8-6-13/h1-4,9-11,22H,5-8,12H2,(H,20,21,23). The molecule has 3 heterocycles. The van der Waals surface area contributed by atoms with Crippen LogP contribution in [0.4, 0.5) is 5.82 Å². The molecule has 6 nitrogen and oxygen atoms in total. The van der Waals surface area contributed by atoms with Crippen molar-refractivity contribution in [2.45, 2.75) is 19.4 Å². The third-order valence-corrected chi connectivity index (χ3v) is 3.78. The van der Waals surface area contributed by atoms with Crippen LogP contribution in [0.5, 0.6) is 0 Å². The van der Waals surface area contributed by atoms with Crippen LogP contribution in [0.3, 0.4) is 0 Å². The number of nitrogens with one attached hydrogen (secondary N) is 1. The van der Waals surface area contributed by atoms with Crippen molar-refractivity contribution >= 4 is 17.8 Å². The van der Waals surface area contributed by atoms with Crippen molar-refractivity contribution in [3.8, 4) is 0 Å². The maximum absolute atomic E-state index is 12.1. The Morgan fingerprint density at radius 1 is 1.17 bits per heavy atom. The van der Waals surface area contributed by atoms with Gasteiger partial charge in [0.2, 0.25) is 0 Å². The van der Waals surface area contributed by atoms with E-state index >= 15 is 0 Å². The average molecular weight is 325 g/mol. The second-order valence-electron chi connectivity index (χ2n) is 5.54. The summed E-state index contributed by atoms with van der Waals surface area (Å²) in [5.74, 6) is 0.204. The van der Waals surface area contributed by atoms with Crippen LogP contribution in [0.25, 0.3) is 6.08 Å². The summed E-state index contributed by atoms with van der Waals surface area (Å²) < 4.78 is 5.33. The minimum absolute atomic E-state index is 0.146. The van der Waals surface area contributed by atoms with Crippen LogP contribution in [-0.2, 0) is 11.3 Å². The third-order valence-electron chi connectivity index (χ3n) is 3.78. The maximum atomic E-state index is 12.1. The molecule has 0 bridgehead atoms. The molecule has 0 spiro atoms. The van der Waals surface area contributed by atoms with Crippen molar-refractivity contribution < 1.29 is 14.6 Å². The molecule has 0 radical (unpaired) electrons. The monoisotopic (exact) mass is 325 g/mol. The van der Waals surface area contributed by atoms with Gasteiger partial charge in [0.1, 0.15) is 5.82 Å². The van der Waals surface area contributed by atoms with E-state index in [-0.39, 0.29) is 12.5 Å². The van der Waals surface area contributed by atoms with Gasteiger partial charge in [0.05, 0.1) is 31.1 Å². The molecule has 1 saturated heterocycles. The minimum atomic E-state index is -0.282. The van der Waals surface area contributed by atoms with Crippen LogP contribution in [0.2, 0.25) is 0 Å². The molecule has 1 aliphatic heterocycles. The highest BCUT2D eigenvalue weighted by Crippen LogP contribution is 2.18. The number of nitrogens with zero attached hydrogens (tertiary/aromatic N) is 2. The molecule has 0 saturated carbocycles. The first-order valence-electron chi connectivity index (χ1n) is 7.85. The topological polar surface area (TPSA) is 84.3 Å². The van der Waals surface area contributed by atoms with E-state index in [0.29, 0.717) is 17.1 Å². The molecule has 1 fully saturated rings. The van der Waals surface area contributed by atoms with Gasteiger partial charge in [0.15, 0.2) is 0 Å². The largest absolute Gasteiger partial charge is 0.390 e. The van der Waals surface area contributed by atoms with E-state index in [2.05, 4.69) is 21.4 Å². The van der Waals surface area contributed by atoms with Crippen molar-refractivity contribution in [3.63, 3.8) is 0 Å². The number of ether oxygens (including phenoxy) is 1. The van der Waals surface area contributed by atoms with Gasteiger partial charge < -0.3 is 15.2 Å². The number of anilines is 1. The Balaban J connectivity index is 1.63. The van der Waals surface area contributed by atoms with Gasteiger partial charge in [-0.1, -0.05) is 11.6 Å². The van der Waals surface area contributed by atoms with Crippen molar-refractivity contribution in [1.29, 1.82) is 0 Å². The number of carbonyl (C=O) groups is 1. The molecule has 2 N–H and O–H groups in total. The number of rotatable bonds is 4. The Kier molecular flexibility index (Phi) is 5.30. The van der Waals surface area contributed by atoms with E-state index in [0.717, 1.165) is 31.6 Å². The Morgan fingerprint density at radius 2 is 2.00 bits per heavy atom. The first kappa shape index (κ1) is 16.3. The summed E-state index contributed by atoms with van der Waals surface area (Å²) in [7, 11) is 0. The molecule has 0 aliphatic carbocycles. The molecule has 1 amide bonds. The average Bonchev–Trinajstić information content (AvgIpc) is 2.64. The van der Waals surface area contributed by atoms with Crippen LogP contribution in [0, 0.1) is 0 Å². The maximum Gasteiger partial charge on any atom is 0.258 e. The van der Waals surface area contributed by atoms with Gasteiger partial charge in [0, 0.05) is 12.4 Å². The van der Waals surface area contributed by atoms with E-state index < -0.39 is 0 Å². The summed E-state index contributed by atoms with van der Waals surface area (Å²) in [6.07, 6.45) is 7.21. The lowest BCUT2D eigenvalue weighted by molar-refractivity contribution is 0.102. The summed E-state index contributed by atoms with van der Waals surface area (Å²) in [5, 5.41) is 11.7. The van der Waals surface area contributed by atoms with Crippen LogP contribution in [-0.4, -0.2) is 34.2 Å². The van der Waals surface area contributed by atoms with Crippen molar-refractivity contribution in [2.75, 3.05) is 18.5 Å². The zero-order valence-corrected chi connectivity index (χ0v) is 13.2. The van der Waals surface area contributed by atoms with Gasteiger partial charge >= 0.3 is 0 Å². The molecular weight excluding hydrogens is 306 g/mol. The van der Waals surface area contributed by atoms with E-state index in [1.54, 1.807) is 24.4 Å². The first-order chi connectivity index (χ1) is 11.7. The lowest BCUT2D eigenvalue weighted by Crippen LogP contribution is -2.13. The summed E-state index contributed by atoms with van der Waals surface area (Å²) in [5.41, 5.74) is 3.31. The Labute approximate surface area is 140 Å². The fourth-order valence-corrected chi connectivity index (χ4v) is 2.42. The van der Waals surface area contributed by atoms with Crippen molar-refractivity contribution in [3.05, 3.63) is 59.1 Å². The normalized spacial score (nSPS) is 14.3. The molecule has 24 heavy (non-hydrogen) atoms. The van der Waals surface area contributed by atoms with E-state index in [4.69, 9.17) is 9.84 Å². The number of aromatic nitrogens is 2. The zero-order valence-electron chi connectivity index (χ0n) is 13.2. The number of carbonyl (C=O) groups excluding carboxylic acids is 1. The Morgan fingerprint density at radius 3 is 2.62 bits per heavy atom. The van der Waals surface area contributed by atoms with Gasteiger partial charge in [-0.2, -0.15) is 0 Å². The summed E-state index contributed by atoms with van der Waals surface area (Å²) in [6.45, 7) is 1.40. The summed E-state index contributed by atoms with van der Waals surface area (Å²) in [4.78, 5) is 20.4. The Bertz CT molecular complexity index is 716. The molecule has 0 aromatic carbocycles. The number of aliphatic hydroxyl groups is 1. The van der Waals surface area contributed by atoms with E-state index in [1.165, 1.54) is 11.8 Å². The molecule has 2 aromatic heterocycles. The molecule has 0 atom stereocenters. The number of amides is 1. The SMILES string of the molecule is O=C(Nc1ccc(C=C2CCOCC2)cn1)c1ccc(CO)nc1. The third kappa shape index (κ3) is 4.24. The molecule has 6 heteroatoms. The smallest absolute Gasteiger partial charge is 0.258 e. The van der Waals surface area contributed by atoms with Crippen LogP contribution in [0.1, 0.15) is 34.5 Å². The van der Waals surface area contributed by atoms with E-state index in [1.807, 2.05) is 6.07 Å². The highest BCUT2D eigenvalue weighted by molar-refractivity contribution is 6.03. The number of pyridine rings is 2. The van der Waals surface area contributed by atoms with Crippen molar-refractivity contribution in [2.24, 2.45) is 0 Å². The second-order valence-corrected chi connectivity index (χ2v) is 5.54. The first-order valence-corrected chi connectivity index (χ1v) is 7.85. The zero-order chi connectivity index (χ0) is 16.8. The fraction of sp³-hybridized carbons (Fsp3) is 0.278. The predicted molar refractivity (Wildman–Crippen MR) is 90.4 cm³/mol. The highest BCUT2D eigenvalue weighted by atomic mass is 16.5. The Hall–Kier alpha value is -2.57. The summed E-state index contributed by atoms with van der Waals surface area (Å²) >= 11 is 0. The summed E-state index contributed by atoms with van der Waals surface area (Å²) in [6, 6.07) is 6.95. The van der Waals surface area contributed by atoms with Gasteiger partial charge in [-0.15, -0.1) is 0 Å². The van der Waals surface area contributed by atoms with Crippen LogP contribution >= 0.6 is 0 Å². The molecular formula is C18H19N3O3. The van der Waals surface area contributed by atoms with Gasteiger partial charge in [-0.25, -0.2) is 4.98 Å². The highest BCUT2D eigenvalue weighted by Gasteiger charge is 2.08. The number of hydrogen-bond acceptors (Lipinski definition) is 5. The predicted octanol–water partition coefficient (Wildman–Crippen LogP) is 2.42. The number of hydrogen-bond donors (Lipinski definition) is 2. The quantitative estimate of drug-likeness (QED) is 0.902. The number of aliphatic hydroxyl groups excluding tert-OH is 1. The van der Waals surface area contributed by atoms with Gasteiger partial charge in [-0.05, 0) is 42.7 Å². The van der Waals surface area contributed by atoms with Crippen molar-refractivity contribution in [1.82, 2.24) is 9.97 Å². The fourth-order valence-electron chi connectivity index (χ4n) is 2.42. The van der Waals surface area contributed by atoms with Gasteiger partial charge in [-0.3, -0.25) is 9.78 Å². The molecule has 3 rings (SSSR count). The lowest BCUT2D eigenvalue weighted by atomic mass is 10.1. The van der Waals surface area contributed by atoms with Crippen LogP contribution in [0.15, 0.2) is 42.2 Å². The molecule has 1 aliphatic rings.